The van der Waals surface area contributed by atoms with Crippen molar-refractivity contribution < 1.29 is 26.3 Å². The number of hydrogen-bond donors (Lipinski definition) is 0. The predicted octanol–water partition coefficient (Wildman–Crippen LogP) is 6.23. The number of halogens is 7. The van der Waals surface area contributed by atoms with Gasteiger partial charge in [-0.05, 0) is 68.9 Å². The van der Waals surface area contributed by atoms with Gasteiger partial charge in [-0.3, -0.25) is 4.90 Å². The van der Waals surface area contributed by atoms with Gasteiger partial charge in [0.05, 0.1) is 16.1 Å². The Hall–Kier alpha value is -2.17. The van der Waals surface area contributed by atoms with Crippen molar-refractivity contribution in [3.63, 3.8) is 0 Å². The third-order valence-corrected chi connectivity index (χ3v) is 7.57. The van der Waals surface area contributed by atoms with E-state index >= 15 is 0 Å². The molecule has 0 N–H and O–H groups in total. The summed E-state index contributed by atoms with van der Waals surface area (Å²) in [5.74, 6) is 0. The van der Waals surface area contributed by atoms with E-state index in [1.54, 1.807) is 18.2 Å². The maximum Gasteiger partial charge on any atom is 0.417 e. The highest BCUT2D eigenvalue weighted by Gasteiger charge is 2.36. The van der Waals surface area contributed by atoms with Gasteiger partial charge in [0.2, 0.25) is 0 Å². The van der Waals surface area contributed by atoms with Crippen molar-refractivity contribution in [3.8, 4) is 0 Å². The van der Waals surface area contributed by atoms with E-state index in [0.717, 1.165) is 44.4 Å². The van der Waals surface area contributed by atoms with Crippen LogP contribution in [-0.4, -0.2) is 68.7 Å². The standard InChI is InChI=1S/C26H31ClF6N4/c1-18-16-37(21-5-7-24(27)23(15-21)26(31,32)33)13-12-36(18)17-19-14-20(4-6-22(19)25(28,29)30)35-9-3-8-34(2)10-11-35/h4-7,14-15,18H,3,8-13,16-17H2,1-2H3. The number of alkyl halides is 6. The van der Waals surface area contributed by atoms with Crippen molar-refractivity contribution in [1.29, 1.82) is 0 Å². The number of piperazine rings is 1. The average molecular weight is 549 g/mol. The molecule has 4 rings (SSSR count). The predicted molar refractivity (Wildman–Crippen MR) is 134 cm³/mol. The molecule has 0 amide bonds. The molecule has 204 valence electrons. The molecule has 2 heterocycles. The summed E-state index contributed by atoms with van der Waals surface area (Å²) in [5, 5.41) is -0.362. The van der Waals surface area contributed by atoms with Crippen LogP contribution < -0.4 is 9.80 Å². The van der Waals surface area contributed by atoms with Crippen molar-refractivity contribution in [3.05, 3.63) is 58.1 Å². The molecule has 2 aliphatic heterocycles. The number of nitrogens with zero attached hydrogens (tertiary/aromatic N) is 4. The number of rotatable bonds is 4. The van der Waals surface area contributed by atoms with Crippen LogP contribution in [0.4, 0.5) is 37.7 Å². The minimum absolute atomic E-state index is 0.111. The molecular formula is C26H31ClF6N4. The molecule has 0 aromatic heterocycles. The SMILES string of the molecule is CC1CN(c2ccc(Cl)c(C(F)(F)F)c2)CCN1Cc1cc(N2CCCN(C)CC2)ccc1C(F)(F)F. The molecule has 1 atom stereocenters. The summed E-state index contributed by atoms with van der Waals surface area (Å²) in [6, 6.07) is 8.03. The van der Waals surface area contributed by atoms with Gasteiger partial charge < -0.3 is 14.7 Å². The second kappa shape index (κ2) is 10.9. The fraction of sp³-hybridized carbons (Fsp3) is 0.538. The van der Waals surface area contributed by atoms with Gasteiger partial charge in [0.15, 0.2) is 0 Å². The average Bonchev–Trinajstić information content (AvgIpc) is 3.03. The van der Waals surface area contributed by atoms with Crippen LogP contribution in [0.3, 0.4) is 0 Å². The zero-order chi connectivity index (χ0) is 27.0. The summed E-state index contributed by atoms with van der Waals surface area (Å²) < 4.78 is 81.6. The van der Waals surface area contributed by atoms with Crippen LogP contribution in [0, 0.1) is 0 Å². The highest BCUT2D eigenvalue weighted by atomic mass is 35.5. The van der Waals surface area contributed by atoms with Crippen molar-refractivity contribution in [1.82, 2.24) is 9.80 Å². The van der Waals surface area contributed by atoms with Gasteiger partial charge in [0, 0.05) is 63.2 Å². The van der Waals surface area contributed by atoms with Crippen LogP contribution in [0.25, 0.3) is 0 Å². The molecule has 2 aliphatic rings. The minimum atomic E-state index is -4.57. The number of hydrogen-bond acceptors (Lipinski definition) is 4. The molecule has 4 nitrogen and oxygen atoms in total. The number of likely N-dealkylation sites (N-methyl/N-ethyl adjacent to an activating group) is 1. The molecule has 0 bridgehead atoms. The summed E-state index contributed by atoms with van der Waals surface area (Å²) >= 11 is 5.75. The third-order valence-electron chi connectivity index (χ3n) is 7.24. The quantitative estimate of drug-likeness (QED) is 0.420. The second-order valence-electron chi connectivity index (χ2n) is 9.91. The fourth-order valence-electron chi connectivity index (χ4n) is 5.10. The van der Waals surface area contributed by atoms with Crippen molar-refractivity contribution in [2.75, 3.05) is 62.7 Å². The molecule has 0 aliphatic carbocycles. The van der Waals surface area contributed by atoms with E-state index in [2.05, 4.69) is 9.80 Å². The molecule has 0 saturated carbocycles. The normalized spacial score (nSPS) is 20.8. The highest BCUT2D eigenvalue weighted by Crippen LogP contribution is 2.38. The van der Waals surface area contributed by atoms with E-state index in [9.17, 15) is 26.3 Å². The lowest BCUT2D eigenvalue weighted by Gasteiger charge is -2.41. The van der Waals surface area contributed by atoms with Crippen LogP contribution >= 0.6 is 11.6 Å². The minimum Gasteiger partial charge on any atom is -0.370 e. The summed E-state index contributed by atoms with van der Waals surface area (Å²) in [6.45, 7) is 6.51. The Morgan fingerprint density at radius 3 is 2.11 bits per heavy atom. The summed E-state index contributed by atoms with van der Waals surface area (Å²) in [6.07, 6.45) is -8.11. The Morgan fingerprint density at radius 2 is 1.43 bits per heavy atom. The molecule has 37 heavy (non-hydrogen) atoms. The molecule has 0 radical (unpaired) electrons. The Morgan fingerprint density at radius 1 is 0.784 bits per heavy atom. The summed E-state index contributed by atoms with van der Waals surface area (Å²) in [5.41, 5.74) is -0.148. The van der Waals surface area contributed by atoms with Crippen molar-refractivity contribution in [2.45, 2.75) is 38.3 Å². The fourth-order valence-corrected chi connectivity index (χ4v) is 5.32. The first kappa shape index (κ1) is 27.9. The van der Waals surface area contributed by atoms with E-state index in [1.165, 1.54) is 12.1 Å². The van der Waals surface area contributed by atoms with E-state index < -0.39 is 23.5 Å². The van der Waals surface area contributed by atoms with Crippen LogP contribution in [0.1, 0.15) is 30.0 Å². The first-order valence-corrected chi connectivity index (χ1v) is 12.7. The van der Waals surface area contributed by atoms with Crippen molar-refractivity contribution >= 4 is 23.0 Å². The van der Waals surface area contributed by atoms with Crippen LogP contribution in [0.2, 0.25) is 5.02 Å². The van der Waals surface area contributed by atoms with Gasteiger partial charge in [-0.2, -0.15) is 26.3 Å². The first-order valence-electron chi connectivity index (χ1n) is 12.3. The maximum absolute atomic E-state index is 13.9. The molecular weight excluding hydrogens is 518 g/mol. The smallest absolute Gasteiger partial charge is 0.370 e. The lowest BCUT2D eigenvalue weighted by molar-refractivity contribution is -0.139. The zero-order valence-electron chi connectivity index (χ0n) is 20.8. The van der Waals surface area contributed by atoms with Gasteiger partial charge in [0.25, 0.3) is 0 Å². The molecule has 1 unspecified atom stereocenters. The largest absolute Gasteiger partial charge is 0.417 e. The van der Waals surface area contributed by atoms with Gasteiger partial charge in [0.1, 0.15) is 0 Å². The van der Waals surface area contributed by atoms with Gasteiger partial charge in [-0.15, -0.1) is 0 Å². The van der Waals surface area contributed by atoms with E-state index in [4.69, 9.17) is 11.6 Å². The van der Waals surface area contributed by atoms with E-state index in [-0.39, 0.29) is 23.2 Å². The molecule has 2 fully saturated rings. The second-order valence-corrected chi connectivity index (χ2v) is 10.3. The maximum atomic E-state index is 13.9. The van der Waals surface area contributed by atoms with Crippen LogP contribution in [0.5, 0.6) is 0 Å². The lowest BCUT2D eigenvalue weighted by Crippen LogP contribution is -2.51. The Labute approximate surface area is 218 Å². The topological polar surface area (TPSA) is 13.0 Å². The lowest BCUT2D eigenvalue weighted by atomic mass is 10.0. The zero-order valence-corrected chi connectivity index (χ0v) is 21.6. The molecule has 0 spiro atoms. The highest BCUT2D eigenvalue weighted by molar-refractivity contribution is 6.31. The molecule has 2 aromatic rings. The Balaban J connectivity index is 1.52. The summed E-state index contributed by atoms with van der Waals surface area (Å²) in [4.78, 5) is 8.13. The third kappa shape index (κ3) is 6.64. The number of benzene rings is 2. The monoisotopic (exact) mass is 548 g/mol. The van der Waals surface area contributed by atoms with Crippen LogP contribution in [0.15, 0.2) is 36.4 Å². The van der Waals surface area contributed by atoms with Gasteiger partial charge >= 0.3 is 12.4 Å². The van der Waals surface area contributed by atoms with Gasteiger partial charge in [-0.1, -0.05) is 11.6 Å². The summed E-state index contributed by atoms with van der Waals surface area (Å²) in [7, 11) is 2.04. The molecule has 11 heteroatoms. The van der Waals surface area contributed by atoms with Crippen LogP contribution in [-0.2, 0) is 18.9 Å². The first-order chi connectivity index (χ1) is 17.3. The van der Waals surface area contributed by atoms with E-state index in [1.807, 2.05) is 23.8 Å². The molecule has 2 aromatic carbocycles. The molecule has 2 saturated heterocycles. The van der Waals surface area contributed by atoms with Gasteiger partial charge in [-0.25, -0.2) is 0 Å². The Kier molecular flexibility index (Phi) is 8.21. The van der Waals surface area contributed by atoms with E-state index in [0.29, 0.717) is 25.3 Å². The van der Waals surface area contributed by atoms with Crippen molar-refractivity contribution in [2.24, 2.45) is 0 Å². The number of anilines is 2. The Bertz CT molecular complexity index is 1090.